The number of hydrogen-bond acceptors (Lipinski definition) is 5. The summed E-state index contributed by atoms with van der Waals surface area (Å²) in [6.07, 6.45) is 7.10. The molecule has 0 saturated carbocycles. The van der Waals surface area contributed by atoms with Gasteiger partial charge in [-0.1, -0.05) is 6.07 Å². The van der Waals surface area contributed by atoms with Crippen LogP contribution in [0.15, 0.2) is 24.5 Å². The molecule has 0 bridgehead atoms. The highest BCUT2D eigenvalue weighted by molar-refractivity contribution is 5.80. The Morgan fingerprint density at radius 2 is 2.13 bits per heavy atom. The molecular formula is C21H28N6O3. The fraction of sp³-hybridized carbons (Fsp3) is 0.524. The Labute approximate surface area is 175 Å². The van der Waals surface area contributed by atoms with Crippen LogP contribution in [-0.2, 0) is 24.7 Å². The number of pyridine rings is 1. The van der Waals surface area contributed by atoms with E-state index in [0.29, 0.717) is 25.2 Å². The fourth-order valence-electron chi connectivity index (χ4n) is 4.14. The number of carbonyl (C=O) groups excluding carboxylic acids is 1. The summed E-state index contributed by atoms with van der Waals surface area (Å²) < 4.78 is 1.58. The molecule has 2 aliphatic heterocycles. The number of urea groups is 1. The van der Waals surface area contributed by atoms with Crippen molar-refractivity contribution in [2.75, 3.05) is 38.0 Å². The number of nitrogens with zero attached hydrogens (tertiary/aromatic N) is 5. The standard InChI is InChI=1S/C21H28N6O3/c1-25-13-16(12-23-25)18(20(28)29)14-27-11-10-26(21(27)30)9-3-5-17-7-6-15-4-2-8-22-19(15)24-17/h6-7,12-13,18H,2-5,8-11,14H2,1H3,(H,22,24)(H,28,29)/t18-/m1/s1. The first-order valence-electron chi connectivity index (χ1n) is 10.5. The number of carbonyl (C=O) groups is 2. The molecule has 2 amide bonds. The van der Waals surface area contributed by atoms with Gasteiger partial charge in [-0.05, 0) is 37.3 Å². The zero-order chi connectivity index (χ0) is 21.1. The Bertz CT molecular complexity index is 927. The first-order chi connectivity index (χ1) is 14.5. The number of hydrogen-bond donors (Lipinski definition) is 2. The van der Waals surface area contributed by atoms with Crippen molar-refractivity contribution in [2.24, 2.45) is 7.05 Å². The molecule has 2 aliphatic rings. The third-order valence-electron chi connectivity index (χ3n) is 5.82. The van der Waals surface area contributed by atoms with Crippen LogP contribution in [0.25, 0.3) is 0 Å². The second-order valence-electron chi connectivity index (χ2n) is 8.00. The van der Waals surface area contributed by atoms with Crippen molar-refractivity contribution in [2.45, 2.75) is 31.6 Å². The third kappa shape index (κ3) is 4.39. The summed E-state index contributed by atoms with van der Waals surface area (Å²) in [5.41, 5.74) is 2.93. The lowest BCUT2D eigenvalue weighted by Crippen LogP contribution is -2.36. The van der Waals surface area contributed by atoms with Crippen LogP contribution >= 0.6 is 0 Å². The summed E-state index contributed by atoms with van der Waals surface area (Å²) >= 11 is 0. The summed E-state index contributed by atoms with van der Waals surface area (Å²) in [7, 11) is 1.75. The van der Waals surface area contributed by atoms with Crippen LogP contribution < -0.4 is 5.32 Å². The number of rotatable bonds is 8. The van der Waals surface area contributed by atoms with Crippen molar-refractivity contribution in [1.29, 1.82) is 0 Å². The Morgan fingerprint density at radius 1 is 1.30 bits per heavy atom. The van der Waals surface area contributed by atoms with Gasteiger partial charge in [-0.2, -0.15) is 5.10 Å². The number of carboxylic acids is 1. The van der Waals surface area contributed by atoms with E-state index in [9.17, 15) is 14.7 Å². The number of fused-ring (bicyclic) bond motifs is 1. The van der Waals surface area contributed by atoms with Crippen molar-refractivity contribution in [1.82, 2.24) is 24.6 Å². The first kappa shape index (κ1) is 20.2. The van der Waals surface area contributed by atoms with E-state index in [-0.39, 0.29) is 12.6 Å². The van der Waals surface area contributed by atoms with E-state index < -0.39 is 11.9 Å². The third-order valence-corrected chi connectivity index (χ3v) is 5.82. The molecule has 2 aromatic heterocycles. The van der Waals surface area contributed by atoms with Gasteiger partial charge in [0.05, 0.1) is 6.20 Å². The predicted molar refractivity (Wildman–Crippen MR) is 111 cm³/mol. The SMILES string of the molecule is Cn1cc([C@@H](CN2CCN(CCCc3ccc4c(n3)NCCC4)C2=O)C(=O)O)cn1. The molecule has 9 heteroatoms. The maximum Gasteiger partial charge on any atom is 0.320 e. The second kappa shape index (κ2) is 8.73. The quantitative estimate of drug-likeness (QED) is 0.684. The molecule has 0 spiro atoms. The summed E-state index contributed by atoms with van der Waals surface area (Å²) in [6, 6.07) is 4.14. The highest BCUT2D eigenvalue weighted by atomic mass is 16.4. The van der Waals surface area contributed by atoms with Gasteiger partial charge in [-0.15, -0.1) is 0 Å². The number of anilines is 1. The van der Waals surface area contributed by atoms with E-state index in [1.165, 1.54) is 5.56 Å². The van der Waals surface area contributed by atoms with E-state index >= 15 is 0 Å². The summed E-state index contributed by atoms with van der Waals surface area (Å²) in [6.45, 7) is 2.94. The zero-order valence-corrected chi connectivity index (χ0v) is 17.3. The van der Waals surface area contributed by atoms with E-state index in [0.717, 1.165) is 43.7 Å². The largest absolute Gasteiger partial charge is 0.481 e. The minimum atomic E-state index is -0.943. The smallest absolute Gasteiger partial charge is 0.320 e. The van der Waals surface area contributed by atoms with E-state index in [2.05, 4.69) is 22.5 Å². The van der Waals surface area contributed by atoms with Crippen LogP contribution in [0.1, 0.15) is 35.6 Å². The number of aryl methyl sites for hydroxylation is 3. The summed E-state index contributed by atoms with van der Waals surface area (Å²) in [5.74, 6) is -0.714. The van der Waals surface area contributed by atoms with Gasteiger partial charge in [-0.3, -0.25) is 9.48 Å². The van der Waals surface area contributed by atoms with E-state index in [1.54, 1.807) is 33.9 Å². The molecule has 0 radical (unpaired) electrons. The molecule has 1 fully saturated rings. The fourth-order valence-corrected chi connectivity index (χ4v) is 4.14. The summed E-state index contributed by atoms with van der Waals surface area (Å²) in [5, 5.41) is 17.0. The van der Waals surface area contributed by atoms with Gasteiger partial charge in [0.1, 0.15) is 11.7 Å². The average Bonchev–Trinajstić information content (AvgIpc) is 3.31. The number of nitrogens with one attached hydrogen (secondary N) is 1. The van der Waals surface area contributed by atoms with Gasteiger partial charge in [0.25, 0.3) is 0 Å². The topological polar surface area (TPSA) is 104 Å². The van der Waals surface area contributed by atoms with Gasteiger partial charge >= 0.3 is 12.0 Å². The molecule has 160 valence electrons. The van der Waals surface area contributed by atoms with Crippen LogP contribution in [0.4, 0.5) is 10.6 Å². The normalized spacial score (nSPS) is 17.0. The summed E-state index contributed by atoms with van der Waals surface area (Å²) in [4.78, 5) is 32.6. The molecule has 30 heavy (non-hydrogen) atoms. The molecule has 1 atom stereocenters. The molecule has 2 aromatic rings. The van der Waals surface area contributed by atoms with Crippen LogP contribution in [0, 0.1) is 0 Å². The Morgan fingerprint density at radius 3 is 2.90 bits per heavy atom. The molecule has 4 heterocycles. The first-order valence-corrected chi connectivity index (χ1v) is 10.5. The van der Waals surface area contributed by atoms with Crippen LogP contribution in [0.2, 0.25) is 0 Å². The average molecular weight is 412 g/mol. The van der Waals surface area contributed by atoms with Crippen molar-refractivity contribution >= 4 is 17.8 Å². The van der Waals surface area contributed by atoms with Gasteiger partial charge in [-0.25, -0.2) is 9.78 Å². The lowest BCUT2D eigenvalue weighted by atomic mass is 10.0. The molecule has 0 aromatic carbocycles. The maximum atomic E-state index is 12.7. The van der Waals surface area contributed by atoms with Gasteiger partial charge in [0.2, 0.25) is 0 Å². The minimum Gasteiger partial charge on any atom is -0.481 e. The molecule has 4 rings (SSSR count). The highest BCUT2D eigenvalue weighted by Crippen LogP contribution is 2.22. The van der Waals surface area contributed by atoms with E-state index in [4.69, 9.17) is 4.98 Å². The van der Waals surface area contributed by atoms with Crippen LogP contribution in [-0.4, -0.2) is 74.4 Å². The van der Waals surface area contributed by atoms with Crippen molar-refractivity contribution in [3.8, 4) is 0 Å². The van der Waals surface area contributed by atoms with Crippen molar-refractivity contribution in [3.63, 3.8) is 0 Å². The number of amides is 2. The number of aromatic nitrogens is 3. The van der Waals surface area contributed by atoms with Gasteiger partial charge < -0.3 is 20.2 Å². The van der Waals surface area contributed by atoms with E-state index in [1.807, 2.05) is 0 Å². The Balaban J connectivity index is 1.29. The van der Waals surface area contributed by atoms with Crippen molar-refractivity contribution < 1.29 is 14.7 Å². The zero-order valence-electron chi connectivity index (χ0n) is 17.3. The maximum absolute atomic E-state index is 12.7. The molecule has 0 unspecified atom stereocenters. The minimum absolute atomic E-state index is 0.0924. The number of aliphatic carboxylic acids is 1. The molecule has 1 saturated heterocycles. The predicted octanol–water partition coefficient (Wildman–Crippen LogP) is 1.71. The van der Waals surface area contributed by atoms with Crippen molar-refractivity contribution in [3.05, 3.63) is 41.3 Å². The Kier molecular flexibility index (Phi) is 5.87. The Hall–Kier alpha value is -3.10. The molecular weight excluding hydrogens is 384 g/mol. The second-order valence-corrected chi connectivity index (χ2v) is 8.00. The highest BCUT2D eigenvalue weighted by Gasteiger charge is 2.33. The monoisotopic (exact) mass is 412 g/mol. The lowest BCUT2D eigenvalue weighted by molar-refractivity contribution is -0.139. The van der Waals surface area contributed by atoms with Crippen LogP contribution in [0.3, 0.4) is 0 Å². The number of carboxylic acid groups (broad SMARTS) is 1. The van der Waals surface area contributed by atoms with Gasteiger partial charge in [0, 0.05) is 57.2 Å². The van der Waals surface area contributed by atoms with Crippen LogP contribution in [0.5, 0.6) is 0 Å². The molecule has 2 N–H and O–H groups in total. The molecule has 0 aliphatic carbocycles. The van der Waals surface area contributed by atoms with Gasteiger partial charge in [0.15, 0.2) is 0 Å². The lowest BCUT2D eigenvalue weighted by Gasteiger charge is -2.21. The molecule has 9 nitrogen and oxygen atoms in total.